The topological polar surface area (TPSA) is 40.6 Å². The maximum Gasteiger partial charge on any atom is 0.185 e. The summed E-state index contributed by atoms with van der Waals surface area (Å²) in [6, 6.07) is 0. The molecule has 0 spiro atoms. The predicted molar refractivity (Wildman–Crippen MR) is 80.0 cm³/mol. The minimum Gasteiger partial charge on any atom is -0.383 e. The molecule has 1 aromatic rings. The van der Waals surface area contributed by atoms with Crippen LogP contribution in [0.4, 0.5) is 5.13 Å². The van der Waals surface area contributed by atoms with Crippen LogP contribution in [0.25, 0.3) is 0 Å². The van der Waals surface area contributed by atoms with Gasteiger partial charge in [0.1, 0.15) is 0 Å². The standard InChI is InChI=1S/C13H24N4OS/c1-16-5-3-6-17(8-7-16)13-15-11-12(19-13)10-14-4-9-18-2/h11,14H,3-10H2,1-2H3. The fraction of sp³-hybridized carbons (Fsp3) is 0.769. The molecule has 1 aromatic heterocycles. The van der Waals surface area contributed by atoms with Crippen LogP contribution >= 0.6 is 11.3 Å². The smallest absolute Gasteiger partial charge is 0.185 e. The second-order valence-electron chi connectivity index (χ2n) is 4.92. The van der Waals surface area contributed by atoms with Crippen molar-refractivity contribution in [3.63, 3.8) is 0 Å². The van der Waals surface area contributed by atoms with Gasteiger partial charge in [0.25, 0.3) is 0 Å². The first-order chi connectivity index (χ1) is 9.29. The van der Waals surface area contributed by atoms with Gasteiger partial charge in [0.2, 0.25) is 0 Å². The van der Waals surface area contributed by atoms with Crippen molar-refractivity contribution in [3.8, 4) is 0 Å². The number of hydrogen-bond acceptors (Lipinski definition) is 6. The Morgan fingerprint density at radius 2 is 2.26 bits per heavy atom. The summed E-state index contributed by atoms with van der Waals surface area (Å²) in [6.07, 6.45) is 3.21. The minimum absolute atomic E-state index is 0.754. The number of nitrogens with one attached hydrogen (secondary N) is 1. The summed E-state index contributed by atoms with van der Waals surface area (Å²) in [5.41, 5.74) is 0. The lowest BCUT2D eigenvalue weighted by Gasteiger charge is -2.19. The van der Waals surface area contributed by atoms with E-state index in [4.69, 9.17) is 4.74 Å². The van der Waals surface area contributed by atoms with Crippen molar-refractivity contribution in [2.24, 2.45) is 0 Å². The Morgan fingerprint density at radius 1 is 1.37 bits per heavy atom. The summed E-state index contributed by atoms with van der Waals surface area (Å²) in [4.78, 5) is 10.7. The van der Waals surface area contributed by atoms with Gasteiger partial charge in [-0.25, -0.2) is 4.98 Å². The summed E-state index contributed by atoms with van der Waals surface area (Å²) in [7, 11) is 3.92. The van der Waals surface area contributed by atoms with Gasteiger partial charge in [-0.3, -0.25) is 0 Å². The van der Waals surface area contributed by atoms with E-state index >= 15 is 0 Å². The maximum absolute atomic E-state index is 5.02. The van der Waals surface area contributed by atoms with Gasteiger partial charge in [-0.05, 0) is 20.0 Å². The van der Waals surface area contributed by atoms with Crippen LogP contribution in [0.15, 0.2) is 6.20 Å². The molecule has 0 unspecified atom stereocenters. The highest BCUT2D eigenvalue weighted by Crippen LogP contribution is 2.23. The average molecular weight is 284 g/mol. The van der Waals surface area contributed by atoms with Gasteiger partial charge in [-0.15, -0.1) is 11.3 Å². The number of methoxy groups -OCH3 is 1. The van der Waals surface area contributed by atoms with Crippen LogP contribution in [0.2, 0.25) is 0 Å². The highest BCUT2D eigenvalue weighted by atomic mass is 32.1. The zero-order valence-corrected chi connectivity index (χ0v) is 12.7. The van der Waals surface area contributed by atoms with Crippen LogP contribution in [0.5, 0.6) is 0 Å². The molecule has 1 fully saturated rings. The van der Waals surface area contributed by atoms with E-state index in [0.717, 1.165) is 39.3 Å². The second kappa shape index (κ2) is 7.79. The van der Waals surface area contributed by atoms with E-state index in [1.54, 1.807) is 18.4 Å². The third kappa shape index (κ3) is 4.72. The van der Waals surface area contributed by atoms with E-state index in [9.17, 15) is 0 Å². The van der Waals surface area contributed by atoms with Gasteiger partial charge in [0.05, 0.1) is 6.61 Å². The number of aromatic nitrogens is 1. The second-order valence-corrected chi connectivity index (χ2v) is 6.02. The Kier molecular flexibility index (Phi) is 6.03. The number of rotatable bonds is 6. The van der Waals surface area contributed by atoms with Crippen molar-refractivity contribution >= 4 is 16.5 Å². The first-order valence-corrected chi connectivity index (χ1v) is 7.69. The maximum atomic E-state index is 5.02. The number of ether oxygens (including phenoxy) is 1. The summed E-state index contributed by atoms with van der Waals surface area (Å²) in [5.74, 6) is 0. The lowest BCUT2D eigenvalue weighted by molar-refractivity contribution is 0.199. The Morgan fingerprint density at radius 3 is 3.11 bits per heavy atom. The molecule has 1 aliphatic heterocycles. The van der Waals surface area contributed by atoms with Crippen LogP contribution in [0.3, 0.4) is 0 Å². The van der Waals surface area contributed by atoms with Gasteiger partial charge < -0.3 is 19.9 Å². The molecule has 2 rings (SSSR count). The fourth-order valence-electron chi connectivity index (χ4n) is 2.15. The third-order valence-corrected chi connectivity index (χ3v) is 4.37. The molecule has 0 amide bonds. The summed E-state index contributed by atoms with van der Waals surface area (Å²) in [6.45, 7) is 7.04. The van der Waals surface area contributed by atoms with Gasteiger partial charge in [-0.2, -0.15) is 0 Å². The fourth-order valence-corrected chi connectivity index (χ4v) is 3.08. The highest BCUT2D eigenvalue weighted by molar-refractivity contribution is 7.15. The summed E-state index contributed by atoms with van der Waals surface area (Å²) >= 11 is 1.80. The lowest BCUT2D eigenvalue weighted by atomic mass is 10.4. The molecule has 0 atom stereocenters. The summed E-state index contributed by atoms with van der Waals surface area (Å²) < 4.78 is 5.02. The molecular formula is C13H24N4OS. The van der Waals surface area contributed by atoms with Gasteiger partial charge in [-0.1, -0.05) is 0 Å². The Balaban J connectivity index is 1.82. The first-order valence-electron chi connectivity index (χ1n) is 6.87. The Labute approximate surface area is 119 Å². The van der Waals surface area contributed by atoms with Crippen molar-refractivity contribution in [2.45, 2.75) is 13.0 Å². The molecule has 108 valence electrons. The molecule has 2 heterocycles. The SMILES string of the molecule is COCCNCc1cnc(N2CCCN(C)CC2)s1. The van der Waals surface area contributed by atoms with E-state index in [1.165, 1.54) is 23.0 Å². The molecule has 0 saturated carbocycles. The average Bonchev–Trinajstić information content (AvgIpc) is 2.77. The molecule has 1 N–H and O–H groups in total. The van der Waals surface area contributed by atoms with Gasteiger partial charge in [0.15, 0.2) is 5.13 Å². The zero-order chi connectivity index (χ0) is 13.5. The van der Waals surface area contributed by atoms with E-state index in [0.29, 0.717) is 0 Å². The number of hydrogen-bond donors (Lipinski definition) is 1. The Bertz CT molecular complexity index is 371. The number of nitrogens with zero attached hydrogens (tertiary/aromatic N) is 3. The number of thiazole rings is 1. The molecule has 0 radical (unpaired) electrons. The van der Waals surface area contributed by atoms with Crippen LogP contribution in [-0.2, 0) is 11.3 Å². The van der Waals surface area contributed by atoms with Crippen LogP contribution < -0.4 is 10.2 Å². The predicted octanol–water partition coefficient (Wildman–Crippen LogP) is 1.02. The van der Waals surface area contributed by atoms with Crippen molar-refractivity contribution in [3.05, 3.63) is 11.1 Å². The van der Waals surface area contributed by atoms with Crippen molar-refractivity contribution in [2.75, 3.05) is 58.4 Å². The lowest BCUT2D eigenvalue weighted by Crippen LogP contribution is -2.28. The minimum atomic E-state index is 0.754. The molecule has 1 saturated heterocycles. The number of likely N-dealkylation sites (N-methyl/N-ethyl adjacent to an activating group) is 1. The molecule has 1 aliphatic rings. The van der Waals surface area contributed by atoms with Crippen LogP contribution in [0, 0.1) is 0 Å². The monoisotopic (exact) mass is 284 g/mol. The molecule has 0 aliphatic carbocycles. The summed E-state index contributed by atoms with van der Waals surface area (Å²) in [5, 5.41) is 4.52. The molecule has 0 bridgehead atoms. The number of anilines is 1. The van der Waals surface area contributed by atoms with Gasteiger partial charge >= 0.3 is 0 Å². The first kappa shape index (κ1) is 14.7. The molecule has 0 aromatic carbocycles. The highest BCUT2D eigenvalue weighted by Gasteiger charge is 2.15. The third-order valence-electron chi connectivity index (χ3n) is 3.31. The normalized spacial score (nSPS) is 17.7. The largest absolute Gasteiger partial charge is 0.383 e. The van der Waals surface area contributed by atoms with Crippen molar-refractivity contribution < 1.29 is 4.74 Å². The van der Waals surface area contributed by atoms with Crippen LogP contribution in [-0.4, -0.2) is 63.4 Å². The zero-order valence-electron chi connectivity index (χ0n) is 11.9. The van der Waals surface area contributed by atoms with Crippen LogP contribution in [0.1, 0.15) is 11.3 Å². The Hall–Kier alpha value is -0.690. The molecule has 6 heteroatoms. The van der Waals surface area contributed by atoms with E-state index in [2.05, 4.69) is 27.1 Å². The van der Waals surface area contributed by atoms with E-state index < -0.39 is 0 Å². The molecule has 5 nitrogen and oxygen atoms in total. The van der Waals surface area contributed by atoms with Crippen molar-refractivity contribution in [1.29, 1.82) is 0 Å². The molecule has 19 heavy (non-hydrogen) atoms. The van der Waals surface area contributed by atoms with Crippen molar-refractivity contribution in [1.82, 2.24) is 15.2 Å². The quantitative estimate of drug-likeness (QED) is 0.790. The van der Waals surface area contributed by atoms with Gasteiger partial charge in [0, 0.05) is 50.9 Å². The van der Waals surface area contributed by atoms with E-state index in [1.807, 2.05) is 6.20 Å². The van der Waals surface area contributed by atoms with E-state index in [-0.39, 0.29) is 0 Å². The molecular weight excluding hydrogens is 260 g/mol.